The lowest BCUT2D eigenvalue weighted by atomic mass is 10.1. The van der Waals surface area contributed by atoms with Gasteiger partial charge >= 0.3 is 6.09 Å². The molecule has 2 N–H and O–H groups in total. The van der Waals surface area contributed by atoms with Crippen molar-refractivity contribution in [2.75, 3.05) is 18.8 Å². The van der Waals surface area contributed by atoms with E-state index in [1.165, 1.54) is 0 Å². The van der Waals surface area contributed by atoms with Crippen molar-refractivity contribution < 1.29 is 9.53 Å². The quantitative estimate of drug-likeness (QED) is 0.884. The van der Waals surface area contributed by atoms with Gasteiger partial charge in [0, 0.05) is 25.8 Å². The summed E-state index contributed by atoms with van der Waals surface area (Å²) in [6, 6.07) is 1.78. The van der Waals surface area contributed by atoms with Gasteiger partial charge in [0.25, 0.3) is 0 Å². The van der Waals surface area contributed by atoms with Gasteiger partial charge in [-0.05, 0) is 39.2 Å². The molecule has 1 unspecified atom stereocenters. The van der Waals surface area contributed by atoms with Crippen LogP contribution >= 0.6 is 0 Å². The maximum atomic E-state index is 11.9. The van der Waals surface area contributed by atoms with Crippen LogP contribution in [0.25, 0.3) is 0 Å². The van der Waals surface area contributed by atoms with Crippen LogP contribution in [-0.2, 0) is 11.3 Å². The second-order valence-corrected chi connectivity index (χ2v) is 6.04. The molecule has 0 spiro atoms. The number of carbonyl (C=O) groups excluding carboxylic acids is 1. The highest BCUT2D eigenvalue weighted by Crippen LogP contribution is 2.20. The first-order chi connectivity index (χ1) is 8.83. The number of hydrogen-bond donors (Lipinski definition) is 1. The zero-order valence-electron chi connectivity index (χ0n) is 11.8. The molecule has 6 nitrogen and oxygen atoms in total. The predicted molar refractivity (Wildman–Crippen MR) is 72.6 cm³/mol. The molecule has 1 saturated heterocycles. The SMILES string of the molecule is CC(C)(C)OC(=O)N1CCC(Cn2ccc(N)n2)C1. The number of aromatic nitrogens is 2. The number of nitrogens with two attached hydrogens (primary N) is 1. The molecule has 6 heteroatoms. The van der Waals surface area contributed by atoms with E-state index < -0.39 is 5.60 Å². The average Bonchev–Trinajstić information content (AvgIpc) is 2.86. The number of rotatable bonds is 2. The Bertz CT molecular complexity index is 450. The summed E-state index contributed by atoms with van der Waals surface area (Å²) in [5.74, 6) is 0.939. The largest absolute Gasteiger partial charge is 0.444 e. The summed E-state index contributed by atoms with van der Waals surface area (Å²) in [4.78, 5) is 13.7. The molecule has 0 bridgehead atoms. The zero-order chi connectivity index (χ0) is 14.0. The number of anilines is 1. The van der Waals surface area contributed by atoms with E-state index in [1.807, 2.05) is 31.6 Å². The molecule has 106 valence electrons. The number of nitrogens with zero attached hydrogens (tertiary/aromatic N) is 3. The Kier molecular flexibility index (Phi) is 3.68. The Balaban J connectivity index is 1.84. The van der Waals surface area contributed by atoms with Gasteiger partial charge in [0.05, 0.1) is 0 Å². The van der Waals surface area contributed by atoms with Crippen molar-refractivity contribution >= 4 is 11.9 Å². The number of carbonyl (C=O) groups is 1. The summed E-state index contributed by atoms with van der Waals surface area (Å²) in [5.41, 5.74) is 5.14. The number of hydrogen-bond acceptors (Lipinski definition) is 4. The first-order valence-electron chi connectivity index (χ1n) is 6.60. The van der Waals surface area contributed by atoms with E-state index in [0.29, 0.717) is 18.3 Å². The molecule has 1 aromatic heterocycles. The van der Waals surface area contributed by atoms with E-state index in [1.54, 1.807) is 11.0 Å². The lowest BCUT2D eigenvalue weighted by Crippen LogP contribution is -2.35. The number of nitrogen functional groups attached to an aromatic ring is 1. The molecule has 1 amide bonds. The molecule has 1 aromatic rings. The fourth-order valence-electron chi connectivity index (χ4n) is 2.22. The summed E-state index contributed by atoms with van der Waals surface area (Å²) in [6.45, 7) is 7.89. The topological polar surface area (TPSA) is 73.4 Å². The third-order valence-electron chi connectivity index (χ3n) is 3.04. The third kappa shape index (κ3) is 3.87. The lowest BCUT2D eigenvalue weighted by molar-refractivity contribution is 0.0287. The minimum atomic E-state index is -0.439. The van der Waals surface area contributed by atoms with Crippen molar-refractivity contribution in [1.29, 1.82) is 0 Å². The van der Waals surface area contributed by atoms with Crippen LogP contribution in [0.15, 0.2) is 12.3 Å². The molecule has 1 aliphatic rings. The molecule has 2 rings (SSSR count). The Morgan fingerprint density at radius 2 is 2.32 bits per heavy atom. The second kappa shape index (κ2) is 5.11. The van der Waals surface area contributed by atoms with Gasteiger partial charge in [0.1, 0.15) is 11.4 Å². The fraction of sp³-hybridized carbons (Fsp3) is 0.692. The van der Waals surface area contributed by atoms with Crippen molar-refractivity contribution in [2.45, 2.75) is 39.3 Å². The van der Waals surface area contributed by atoms with E-state index >= 15 is 0 Å². The van der Waals surface area contributed by atoms with Crippen LogP contribution in [0.3, 0.4) is 0 Å². The Morgan fingerprint density at radius 1 is 1.58 bits per heavy atom. The highest BCUT2D eigenvalue weighted by Gasteiger charge is 2.29. The van der Waals surface area contributed by atoms with E-state index in [0.717, 1.165) is 19.5 Å². The summed E-state index contributed by atoms with van der Waals surface area (Å²) in [6.07, 6.45) is 2.61. The van der Waals surface area contributed by atoms with E-state index in [-0.39, 0.29) is 6.09 Å². The van der Waals surface area contributed by atoms with Crippen molar-refractivity contribution in [3.05, 3.63) is 12.3 Å². The maximum absolute atomic E-state index is 11.9. The molecule has 1 fully saturated rings. The zero-order valence-corrected chi connectivity index (χ0v) is 11.8. The fourth-order valence-corrected chi connectivity index (χ4v) is 2.22. The minimum Gasteiger partial charge on any atom is -0.444 e. The molecule has 0 aliphatic carbocycles. The molecule has 0 aromatic carbocycles. The van der Waals surface area contributed by atoms with Gasteiger partial charge < -0.3 is 15.4 Å². The van der Waals surface area contributed by atoms with Crippen LogP contribution in [0, 0.1) is 5.92 Å². The van der Waals surface area contributed by atoms with Crippen molar-refractivity contribution in [2.24, 2.45) is 5.92 Å². The van der Waals surface area contributed by atoms with Crippen LogP contribution in [0.4, 0.5) is 10.6 Å². The second-order valence-electron chi connectivity index (χ2n) is 6.04. The Hall–Kier alpha value is -1.72. The molecule has 19 heavy (non-hydrogen) atoms. The predicted octanol–water partition coefficient (Wildman–Crippen LogP) is 1.72. The van der Waals surface area contributed by atoms with Gasteiger partial charge in [-0.25, -0.2) is 4.79 Å². The molecular weight excluding hydrogens is 244 g/mol. The number of likely N-dealkylation sites (tertiary alicyclic amines) is 1. The normalized spacial score (nSPS) is 19.7. The van der Waals surface area contributed by atoms with Crippen LogP contribution in [-0.4, -0.2) is 39.5 Å². The van der Waals surface area contributed by atoms with Gasteiger partial charge in [-0.15, -0.1) is 0 Å². The monoisotopic (exact) mass is 266 g/mol. The van der Waals surface area contributed by atoms with E-state index in [9.17, 15) is 4.79 Å². The van der Waals surface area contributed by atoms with E-state index in [4.69, 9.17) is 10.5 Å². The lowest BCUT2D eigenvalue weighted by Gasteiger charge is -2.24. The molecular formula is C13H22N4O2. The summed E-state index contributed by atoms with van der Waals surface area (Å²) in [5, 5.41) is 4.16. The number of ether oxygens (including phenoxy) is 1. The summed E-state index contributed by atoms with van der Waals surface area (Å²) < 4.78 is 7.20. The average molecular weight is 266 g/mol. The first kappa shape index (κ1) is 13.7. The molecule has 0 radical (unpaired) electrons. The molecule has 1 atom stereocenters. The van der Waals surface area contributed by atoms with Gasteiger partial charge in [-0.3, -0.25) is 4.68 Å². The van der Waals surface area contributed by atoms with Gasteiger partial charge in [0.15, 0.2) is 0 Å². The Labute approximate surface area is 113 Å². The third-order valence-corrected chi connectivity index (χ3v) is 3.04. The van der Waals surface area contributed by atoms with Crippen LogP contribution in [0.1, 0.15) is 27.2 Å². The van der Waals surface area contributed by atoms with Crippen molar-refractivity contribution in [3.63, 3.8) is 0 Å². The first-order valence-corrected chi connectivity index (χ1v) is 6.60. The molecule has 2 heterocycles. The smallest absolute Gasteiger partial charge is 0.410 e. The van der Waals surface area contributed by atoms with Crippen molar-refractivity contribution in [1.82, 2.24) is 14.7 Å². The van der Waals surface area contributed by atoms with Gasteiger partial charge in [-0.1, -0.05) is 0 Å². The highest BCUT2D eigenvalue weighted by molar-refractivity contribution is 5.68. The molecule has 1 aliphatic heterocycles. The standard InChI is InChI=1S/C13H22N4O2/c1-13(2,3)19-12(18)16-6-4-10(8-16)9-17-7-5-11(14)15-17/h5,7,10H,4,6,8-9H2,1-3H3,(H2,14,15). The molecule has 0 saturated carbocycles. The maximum Gasteiger partial charge on any atom is 0.410 e. The minimum absolute atomic E-state index is 0.227. The Morgan fingerprint density at radius 3 is 2.89 bits per heavy atom. The summed E-state index contributed by atoms with van der Waals surface area (Å²) >= 11 is 0. The summed E-state index contributed by atoms with van der Waals surface area (Å²) in [7, 11) is 0. The van der Waals surface area contributed by atoms with Gasteiger partial charge in [0.2, 0.25) is 0 Å². The van der Waals surface area contributed by atoms with Crippen LogP contribution in [0.5, 0.6) is 0 Å². The number of amides is 1. The van der Waals surface area contributed by atoms with Gasteiger partial charge in [-0.2, -0.15) is 5.10 Å². The highest BCUT2D eigenvalue weighted by atomic mass is 16.6. The van der Waals surface area contributed by atoms with Crippen LogP contribution < -0.4 is 5.73 Å². The van der Waals surface area contributed by atoms with Crippen molar-refractivity contribution in [3.8, 4) is 0 Å². The van der Waals surface area contributed by atoms with Crippen LogP contribution in [0.2, 0.25) is 0 Å². The van der Waals surface area contributed by atoms with E-state index in [2.05, 4.69) is 5.10 Å².